The Balaban J connectivity index is 1.83. The fourth-order valence-electron chi connectivity index (χ4n) is 4.75. The van der Waals surface area contributed by atoms with Crippen LogP contribution in [0.4, 0.5) is 0 Å². The van der Waals surface area contributed by atoms with Gasteiger partial charge in [-0.3, -0.25) is 0 Å². The number of tetrazole rings is 1. The average molecular weight is 342 g/mol. The minimum atomic E-state index is 0.0283. The second-order valence-electron chi connectivity index (χ2n) is 7.36. The van der Waals surface area contributed by atoms with Crippen LogP contribution in [0.1, 0.15) is 49.6 Å². The number of quaternary nitrogens is 1. The summed E-state index contributed by atoms with van der Waals surface area (Å²) in [5, 5.41) is 13.1. The number of benzene rings is 1. The predicted octanol–water partition coefficient (Wildman–Crippen LogP) is 1.22. The van der Waals surface area contributed by atoms with Crippen LogP contribution in [0.3, 0.4) is 0 Å². The molecule has 2 heterocycles. The van der Waals surface area contributed by atoms with E-state index in [4.69, 9.17) is 4.74 Å². The van der Waals surface area contributed by atoms with E-state index in [1.807, 2.05) is 4.68 Å². The quantitative estimate of drug-likeness (QED) is 0.908. The Morgan fingerprint density at radius 2 is 1.96 bits per heavy atom. The minimum Gasteiger partial charge on any atom is -0.370 e. The second-order valence-corrected chi connectivity index (χ2v) is 7.36. The molecule has 1 saturated heterocycles. The molecule has 4 rings (SSSR count). The van der Waals surface area contributed by atoms with Crippen molar-refractivity contribution < 1.29 is 9.64 Å². The van der Waals surface area contributed by atoms with Gasteiger partial charge in [-0.05, 0) is 47.7 Å². The Morgan fingerprint density at radius 1 is 1.20 bits per heavy atom. The molecule has 0 amide bonds. The van der Waals surface area contributed by atoms with Crippen LogP contribution in [0.5, 0.6) is 0 Å². The molecule has 25 heavy (non-hydrogen) atoms. The van der Waals surface area contributed by atoms with Gasteiger partial charge in [0.15, 0.2) is 5.54 Å². The molecule has 2 fully saturated rings. The largest absolute Gasteiger partial charge is 0.370 e. The standard InChI is InChI=1S/C19H27N5O/c1-3-16-8-6-7-15(2)17(16)24-18(20-21-22-24)19(9-4-5-10-19)23-11-13-25-14-12-23/h6-8H,3-5,9-14H2,1-2H3/p+1. The topological polar surface area (TPSA) is 57.3 Å². The van der Waals surface area contributed by atoms with Crippen molar-refractivity contribution in [1.29, 1.82) is 0 Å². The fraction of sp³-hybridized carbons (Fsp3) is 0.632. The molecule has 1 saturated carbocycles. The summed E-state index contributed by atoms with van der Waals surface area (Å²) < 4.78 is 7.66. The van der Waals surface area contributed by atoms with Gasteiger partial charge in [0, 0.05) is 12.8 Å². The summed E-state index contributed by atoms with van der Waals surface area (Å²) in [5.74, 6) is 1.05. The first-order chi connectivity index (χ1) is 12.3. The van der Waals surface area contributed by atoms with E-state index in [0.717, 1.165) is 51.4 Å². The van der Waals surface area contributed by atoms with Crippen LogP contribution in [0, 0.1) is 6.92 Å². The molecule has 0 atom stereocenters. The Morgan fingerprint density at radius 3 is 2.68 bits per heavy atom. The van der Waals surface area contributed by atoms with Crippen LogP contribution < -0.4 is 4.90 Å². The van der Waals surface area contributed by atoms with Crippen molar-refractivity contribution in [1.82, 2.24) is 20.2 Å². The number of hydrogen-bond donors (Lipinski definition) is 1. The maximum atomic E-state index is 5.61. The Bertz CT molecular complexity index is 729. The van der Waals surface area contributed by atoms with E-state index < -0.39 is 0 Å². The van der Waals surface area contributed by atoms with Crippen LogP contribution in [0.15, 0.2) is 18.2 Å². The van der Waals surface area contributed by atoms with E-state index >= 15 is 0 Å². The van der Waals surface area contributed by atoms with E-state index in [1.54, 1.807) is 4.90 Å². The number of hydrogen-bond acceptors (Lipinski definition) is 4. The molecule has 0 spiro atoms. The molecule has 1 aliphatic heterocycles. The summed E-state index contributed by atoms with van der Waals surface area (Å²) >= 11 is 0. The Kier molecular flexibility index (Phi) is 4.56. The van der Waals surface area contributed by atoms with Crippen molar-refractivity contribution in [3.05, 3.63) is 35.2 Å². The highest BCUT2D eigenvalue weighted by molar-refractivity contribution is 5.47. The van der Waals surface area contributed by atoms with E-state index in [2.05, 4.69) is 47.6 Å². The monoisotopic (exact) mass is 342 g/mol. The van der Waals surface area contributed by atoms with Gasteiger partial charge in [-0.2, -0.15) is 4.68 Å². The van der Waals surface area contributed by atoms with Gasteiger partial charge in [0.1, 0.15) is 13.1 Å². The molecule has 0 radical (unpaired) electrons. The molecule has 134 valence electrons. The number of ether oxygens (including phenoxy) is 1. The van der Waals surface area contributed by atoms with Gasteiger partial charge in [0.05, 0.1) is 18.9 Å². The second kappa shape index (κ2) is 6.84. The SMILES string of the molecule is CCc1cccc(C)c1-n1nnnc1C1([NH+]2CCOCC2)CCCC1. The molecule has 6 nitrogen and oxygen atoms in total. The molecule has 1 N–H and O–H groups in total. The number of nitrogens with one attached hydrogen (secondary N) is 1. The lowest BCUT2D eigenvalue weighted by atomic mass is 9.92. The summed E-state index contributed by atoms with van der Waals surface area (Å²) in [6.45, 7) is 8.11. The van der Waals surface area contributed by atoms with Crippen molar-refractivity contribution in [3.63, 3.8) is 0 Å². The third-order valence-electron chi connectivity index (χ3n) is 6.04. The lowest BCUT2D eigenvalue weighted by Crippen LogP contribution is -3.20. The van der Waals surface area contributed by atoms with E-state index in [1.165, 1.54) is 29.7 Å². The lowest BCUT2D eigenvalue weighted by Gasteiger charge is -2.39. The van der Waals surface area contributed by atoms with Gasteiger partial charge >= 0.3 is 0 Å². The van der Waals surface area contributed by atoms with Crippen LogP contribution >= 0.6 is 0 Å². The van der Waals surface area contributed by atoms with Crippen molar-refractivity contribution >= 4 is 0 Å². The molecule has 1 aromatic heterocycles. The zero-order valence-corrected chi connectivity index (χ0v) is 15.3. The number of para-hydroxylation sites is 1. The molecule has 1 aliphatic carbocycles. The molecule has 0 bridgehead atoms. The first-order valence-electron chi connectivity index (χ1n) is 9.57. The van der Waals surface area contributed by atoms with Crippen molar-refractivity contribution in [2.45, 2.75) is 51.5 Å². The van der Waals surface area contributed by atoms with Gasteiger partial charge in [0.2, 0.25) is 5.82 Å². The van der Waals surface area contributed by atoms with E-state index in [0.29, 0.717) is 0 Å². The van der Waals surface area contributed by atoms with Crippen molar-refractivity contribution in [2.75, 3.05) is 26.3 Å². The summed E-state index contributed by atoms with van der Waals surface area (Å²) in [6.07, 6.45) is 5.82. The molecule has 2 aliphatic rings. The summed E-state index contributed by atoms with van der Waals surface area (Å²) in [6, 6.07) is 6.47. The van der Waals surface area contributed by atoms with Crippen LogP contribution in [0.25, 0.3) is 5.69 Å². The van der Waals surface area contributed by atoms with Crippen LogP contribution in [0.2, 0.25) is 0 Å². The number of morpholine rings is 1. The van der Waals surface area contributed by atoms with Gasteiger partial charge in [-0.15, -0.1) is 5.10 Å². The Hall–Kier alpha value is -1.79. The third kappa shape index (κ3) is 2.77. The molecular formula is C19H28N5O+. The van der Waals surface area contributed by atoms with Crippen LogP contribution in [-0.4, -0.2) is 46.5 Å². The Labute approximate surface area is 149 Å². The first-order valence-corrected chi connectivity index (χ1v) is 9.57. The maximum Gasteiger partial charge on any atom is 0.217 e. The number of nitrogens with zero attached hydrogens (tertiary/aromatic N) is 4. The summed E-state index contributed by atoms with van der Waals surface area (Å²) in [7, 11) is 0. The van der Waals surface area contributed by atoms with Crippen molar-refractivity contribution in [2.24, 2.45) is 0 Å². The van der Waals surface area contributed by atoms with Crippen LogP contribution in [-0.2, 0) is 16.7 Å². The summed E-state index contributed by atoms with van der Waals surface area (Å²) in [5.41, 5.74) is 3.74. The minimum absolute atomic E-state index is 0.0283. The molecule has 6 heteroatoms. The molecule has 0 unspecified atom stereocenters. The van der Waals surface area contributed by atoms with Gasteiger partial charge in [0.25, 0.3) is 0 Å². The zero-order chi connectivity index (χ0) is 17.3. The third-order valence-corrected chi connectivity index (χ3v) is 6.04. The first kappa shape index (κ1) is 16.7. The van der Waals surface area contributed by atoms with Gasteiger partial charge in [-0.25, -0.2) is 0 Å². The normalized spacial score (nSPS) is 20.9. The maximum absolute atomic E-state index is 5.61. The molecule has 2 aromatic rings. The highest BCUT2D eigenvalue weighted by Crippen LogP contribution is 2.36. The van der Waals surface area contributed by atoms with E-state index in [9.17, 15) is 0 Å². The molecular weight excluding hydrogens is 314 g/mol. The molecule has 1 aromatic carbocycles. The fourth-order valence-corrected chi connectivity index (χ4v) is 4.75. The number of rotatable bonds is 4. The average Bonchev–Trinajstić information content (AvgIpc) is 3.32. The van der Waals surface area contributed by atoms with Crippen molar-refractivity contribution in [3.8, 4) is 5.69 Å². The predicted molar refractivity (Wildman–Crippen MR) is 94.9 cm³/mol. The smallest absolute Gasteiger partial charge is 0.217 e. The lowest BCUT2D eigenvalue weighted by molar-refractivity contribution is -0.968. The zero-order valence-electron chi connectivity index (χ0n) is 15.3. The van der Waals surface area contributed by atoms with Gasteiger partial charge < -0.3 is 9.64 Å². The number of aryl methyl sites for hydroxylation is 2. The van der Waals surface area contributed by atoms with E-state index in [-0.39, 0.29) is 5.54 Å². The van der Waals surface area contributed by atoms with Gasteiger partial charge in [-0.1, -0.05) is 25.1 Å². The highest BCUT2D eigenvalue weighted by atomic mass is 16.5. The highest BCUT2D eigenvalue weighted by Gasteiger charge is 2.50. The summed E-state index contributed by atoms with van der Waals surface area (Å²) in [4.78, 5) is 1.60. The number of aromatic nitrogens is 4.